The van der Waals surface area contributed by atoms with Crippen LogP contribution in [0.5, 0.6) is 0 Å². The van der Waals surface area contributed by atoms with Gasteiger partial charge < -0.3 is 14.0 Å². The molecule has 0 saturated heterocycles. The predicted molar refractivity (Wildman–Crippen MR) is 65.1 cm³/mol. The van der Waals surface area contributed by atoms with Crippen molar-refractivity contribution in [1.29, 1.82) is 0 Å². The maximum Gasteiger partial charge on any atom is 0.216 e. The molecule has 0 N–H and O–H groups in total. The van der Waals surface area contributed by atoms with Crippen LogP contribution in [0.4, 0.5) is 0 Å². The minimum Gasteiger partial charge on any atom is -0.344 e. The average molecular weight is 236 g/mol. The largest absolute Gasteiger partial charge is 0.344 e. The van der Waals surface area contributed by atoms with Gasteiger partial charge in [0.05, 0.1) is 13.2 Å². The van der Waals surface area contributed by atoms with Crippen molar-refractivity contribution < 1.29 is 14.0 Å². The Bertz CT molecular complexity index is 152. The summed E-state index contributed by atoms with van der Waals surface area (Å²) < 4.78 is 22.4. The molecule has 0 heterocycles. The van der Waals surface area contributed by atoms with E-state index in [1.54, 1.807) is 0 Å². The molecule has 0 fully saturated rings. The second-order valence-corrected chi connectivity index (χ2v) is 4.80. The Hall–Kier alpha value is 0.150. The SMILES string of the molecule is CCCCOC(CC)(OCCCC)[PH2]=O. The van der Waals surface area contributed by atoms with Crippen molar-refractivity contribution in [2.45, 2.75) is 58.4 Å². The van der Waals surface area contributed by atoms with Gasteiger partial charge in [-0.1, -0.05) is 33.6 Å². The molecule has 0 aliphatic rings. The maximum absolute atomic E-state index is 11.2. The number of hydrogen-bond acceptors (Lipinski definition) is 3. The summed E-state index contributed by atoms with van der Waals surface area (Å²) in [5.41, 5.74) is -0.787. The Labute approximate surface area is 94.7 Å². The molecular weight excluding hydrogens is 211 g/mol. The normalized spacial score (nSPS) is 12.7. The lowest BCUT2D eigenvalue weighted by Crippen LogP contribution is -2.29. The van der Waals surface area contributed by atoms with Crippen molar-refractivity contribution in [3.8, 4) is 0 Å². The van der Waals surface area contributed by atoms with Crippen LogP contribution in [0.1, 0.15) is 52.9 Å². The Morgan fingerprint density at radius 3 is 1.73 bits per heavy atom. The first-order chi connectivity index (χ1) is 7.24. The van der Waals surface area contributed by atoms with Gasteiger partial charge in [0.15, 0.2) is 0 Å². The Balaban J connectivity index is 3.99. The highest BCUT2D eigenvalue weighted by atomic mass is 31.1. The first-order valence-corrected chi connectivity index (χ1v) is 7.03. The number of ether oxygens (including phenoxy) is 2. The second kappa shape index (κ2) is 9.38. The van der Waals surface area contributed by atoms with Crippen molar-refractivity contribution in [3.05, 3.63) is 0 Å². The van der Waals surface area contributed by atoms with Crippen LogP contribution in [0.3, 0.4) is 0 Å². The van der Waals surface area contributed by atoms with Gasteiger partial charge in [0.25, 0.3) is 0 Å². The lowest BCUT2D eigenvalue weighted by Gasteiger charge is -2.27. The summed E-state index contributed by atoms with van der Waals surface area (Å²) in [4.78, 5) is 0. The zero-order valence-electron chi connectivity index (χ0n) is 10.3. The van der Waals surface area contributed by atoms with Gasteiger partial charge in [0.1, 0.15) is 8.46 Å². The standard InChI is InChI=1S/C11H25O3P/c1-4-7-9-13-11(6-3,15-12)14-10-8-5-2/h4-10,15H2,1-3H3. The van der Waals surface area contributed by atoms with E-state index in [4.69, 9.17) is 9.47 Å². The molecule has 0 aromatic rings. The van der Waals surface area contributed by atoms with Gasteiger partial charge in [0, 0.05) is 6.42 Å². The quantitative estimate of drug-likeness (QED) is 0.331. The summed E-state index contributed by atoms with van der Waals surface area (Å²) >= 11 is 0. The highest BCUT2D eigenvalue weighted by Crippen LogP contribution is 2.30. The smallest absolute Gasteiger partial charge is 0.216 e. The molecule has 0 aliphatic heterocycles. The monoisotopic (exact) mass is 236 g/mol. The zero-order chi connectivity index (χ0) is 11.6. The summed E-state index contributed by atoms with van der Waals surface area (Å²) in [7, 11) is -1.04. The molecule has 92 valence electrons. The molecule has 0 aromatic carbocycles. The van der Waals surface area contributed by atoms with E-state index in [-0.39, 0.29) is 0 Å². The van der Waals surface area contributed by atoms with E-state index in [1.165, 1.54) is 0 Å². The summed E-state index contributed by atoms with van der Waals surface area (Å²) in [5, 5.41) is 0. The third-order valence-corrected chi connectivity index (χ3v) is 3.46. The van der Waals surface area contributed by atoms with Crippen LogP contribution in [0.2, 0.25) is 0 Å². The van der Waals surface area contributed by atoms with Crippen LogP contribution in [0, 0.1) is 0 Å². The van der Waals surface area contributed by atoms with Crippen molar-refractivity contribution >= 4 is 8.46 Å². The lowest BCUT2D eigenvalue weighted by molar-refractivity contribution is -0.177. The van der Waals surface area contributed by atoms with Gasteiger partial charge in [-0.3, -0.25) is 0 Å². The van der Waals surface area contributed by atoms with Crippen LogP contribution >= 0.6 is 8.46 Å². The summed E-state index contributed by atoms with van der Waals surface area (Å²) in [5.74, 6) is 0. The Morgan fingerprint density at radius 1 is 1.00 bits per heavy atom. The van der Waals surface area contributed by atoms with Crippen LogP contribution in [-0.4, -0.2) is 18.7 Å². The topological polar surface area (TPSA) is 35.5 Å². The third-order valence-electron chi connectivity index (χ3n) is 2.36. The van der Waals surface area contributed by atoms with Crippen molar-refractivity contribution in [2.24, 2.45) is 0 Å². The average Bonchev–Trinajstić information content (AvgIpc) is 2.28. The molecule has 3 nitrogen and oxygen atoms in total. The second-order valence-electron chi connectivity index (χ2n) is 3.69. The van der Waals surface area contributed by atoms with Gasteiger partial charge >= 0.3 is 0 Å². The predicted octanol–water partition coefficient (Wildman–Crippen LogP) is 3.44. The maximum atomic E-state index is 11.2. The first kappa shape index (κ1) is 15.2. The third kappa shape index (κ3) is 6.34. The van der Waals surface area contributed by atoms with Gasteiger partial charge in [0.2, 0.25) is 5.53 Å². The van der Waals surface area contributed by atoms with Crippen molar-refractivity contribution in [2.75, 3.05) is 13.2 Å². The molecule has 15 heavy (non-hydrogen) atoms. The van der Waals surface area contributed by atoms with Crippen LogP contribution in [0.15, 0.2) is 0 Å². The zero-order valence-corrected chi connectivity index (χ0v) is 11.4. The molecule has 1 atom stereocenters. The molecule has 0 rings (SSSR count). The minimum absolute atomic E-state index is 0.645. The van der Waals surface area contributed by atoms with Crippen molar-refractivity contribution in [3.63, 3.8) is 0 Å². The van der Waals surface area contributed by atoms with E-state index >= 15 is 0 Å². The fraction of sp³-hybridized carbons (Fsp3) is 1.00. The lowest BCUT2D eigenvalue weighted by atomic mass is 10.3. The Kier molecular flexibility index (Phi) is 9.48. The van der Waals surface area contributed by atoms with Gasteiger partial charge in [-0.25, -0.2) is 0 Å². The molecule has 1 unspecified atom stereocenters. The molecule has 0 bridgehead atoms. The molecule has 0 aliphatic carbocycles. The highest BCUT2D eigenvalue weighted by Gasteiger charge is 2.27. The van der Waals surface area contributed by atoms with Crippen LogP contribution in [0.25, 0.3) is 0 Å². The highest BCUT2D eigenvalue weighted by molar-refractivity contribution is 7.25. The van der Waals surface area contributed by atoms with Gasteiger partial charge in [-0.2, -0.15) is 0 Å². The summed E-state index contributed by atoms with van der Waals surface area (Å²) in [6.45, 7) is 7.47. The minimum atomic E-state index is -1.04. The van der Waals surface area contributed by atoms with E-state index in [9.17, 15) is 4.57 Å². The summed E-state index contributed by atoms with van der Waals surface area (Å²) in [6, 6.07) is 0. The van der Waals surface area contributed by atoms with Crippen molar-refractivity contribution in [1.82, 2.24) is 0 Å². The molecule has 0 radical (unpaired) electrons. The van der Waals surface area contributed by atoms with Crippen LogP contribution < -0.4 is 0 Å². The van der Waals surface area contributed by atoms with E-state index in [1.807, 2.05) is 6.92 Å². The Morgan fingerprint density at radius 2 is 1.47 bits per heavy atom. The molecule has 4 heteroatoms. The van der Waals surface area contributed by atoms with Gasteiger partial charge in [-0.05, 0) is 12.8 Å². The van der Waals surface area contributed by atoms with E-state index in [0.717, 1.165) is 25.7 Å². The van der Waals surface area contributed by atoms with E-state index in [2.05, 4.69) is 13.8 Å². The van der Waals surface area contributed by atoms with Crippen LogP contribution in [-0.2, 0) is 14.0 Å². The molecule has 0 amide bonds. The number of hydrogen-bond donors (Lipinski definition) is 0. The van der Waals surface area contributed by atoms with E-state index in [0.29, 0.717) is 19.6 Å². The number of rotatable bonds is 10. The molecule has 0 saturated carbocycles. The molecule has 0 aromatic heterocycles. The molecule has 0 spiro atoms. The summed E-state index contributed by atoms with van der Waals surface area (Å²) in [6.07, 6.45) is 4.84. The number of unbranched alkanes of at least 4 members (excludes halogenated alkanes) is 2. The fourth-order valence-electron chi connectivity index (χ4n) is 1.18. The fourth-order valence-corrected chi connectivity index (χ4v) is 1.71. The van der Waals surface area contributed by atoms with Gasteiger partial charge in [-0.15, -0.1) is 0 Å². The molecular formula is C11H25O3P. The van der Waals surface area contributed by atoms with E-state index < -0.39 is 14.0 Å². The first-order valence-electron chi connectivity index (χ1n) is 5.98.